The van der Waals surface area contributed by atoms with Crippen molar-refractivity contribution in [3.05, 3.63) is 35.4 Å². The van der Waals surface area contributed by atoms with Crippen molar-refractivity contribution in [1.82, 2.24) is 4.31 Å². The van der Waals surface area contributed by atoms with Gasteiger partial charge in [0, 0.05) is 20.2 Å². The minimum absolute atomic E-state index is 0.0315. The van der Waals surface area contributed by atoms with E-state index in [9.17, 15) is 8.42 Å². The average molecular weight is 287 g/mol. The van der Waals surface area contributed by atoms with Crippen molar-refractivity contribution in [3.63, 3.8) is 0 Å². The second-order valence-corrected chi connectivity index (χ2v) is 6.18. The Morgan fingerprint density at radius 1 is 1.21 bits per heavy atom. The van der Waals surface area contributed by atoms with E-state index < -0.39 is 10.0 Å². The minimum atomic E-state index is -3.33. The predicted molar refractivity (Wildman–Crippen MR) is 74.1 cm³/mol. The van der Waals surface area contributed by atoms with Crippen LogP contribution < -0.4 is 0 Å². The number of ether oxygens (including phenoxy) is 1. The highest BCUT2D eigenvalue weighted by Crippen LogP contribution is 2.12. The standard InChI is InChI=1S/C13H21NO4S/c1-3-14(8-9-18-2)19(16,17)11-13-6-4-12(10-15)5-7-13/h4-7,15H,3,8-11H2,1-2H3. The van der Waals surface area contributed by atoms with Crippen LogP contribution in [0.15, 0.2) is 24.3 Å². The number of sulfonamides is 1. The maximum Gasteiger partial charge on any atom is 0.218 e. The summed E-state index contributed by atoms with van der Waals surface area (Å²) in [7, 11) is -1.78. The topological polar surface area (TPSA) is 66.8 Å². The monoisotopic (exact) mass is 287 g/mol. The fourth-order valence-corrected chi connectivity index (χ4v) is 3.27. The van der Waals surface area contributed by atoms with E-state index in [1.807, 2.05) is 6.92 Å². The number of likely N-dealkylation sites (N-methyl/N-ethyl adjacent to an activating group) is 1. The van der Waals surface area contributed by atoms with Crippen LogP contribution in [0.1, 0.15) is 18.1 Å². The Kier molecular flexibility index (Phi) is 6.44. The molecule has 0 aliphatic rings. The molecule has 0 atom stereocenters. The summed E-state index contributed by atoms with van der Waals surface area (Å²) in [6, 6.07) is 6.92. The van der Waals surface area contributed by atoms with Crippen molar-refractivity contribution in [2.75, 3.05) is 26.8 Å². The van der Waals surface area contributed by atoms with Crippen LogP contribution >= 0.6 is 0 Å². The van der Waals surface area contributed by atoms with E-state index in [1.165, 1.54) is 4.31 Å². The number of aliphatic hydroxyl groups excluding tert-OH is 1. The number of nitrogens with zero attached hydrogens (tertiary/aromatic N) is 1. The third-order valence-electron chi connectivity index (χ3n) is 2.85. The molecule has 1 rings (SSSR count). The van der Waals surface area contributed by atoms with Crippen molar-refractivity contribution in [2.24, 2.45) is 0 Å². The second kappa shape index (κ2) is 7.59. The Morgan fingerprint density at radius 2 is 1.79 bits per heavy atom. The van der Waals surface area contributed by atoms with Crippen LogP contribution in [0.4, 0.5) is 0 Å². The normalized spacial score (nSPS) is 12.0. The lowest BCUT2D eigenvalue weighted by atomic mass is 10.2. The van der Waals surface area contributed by atoms with E-state index in [1.54, 1.807) is 31.4 Å². The van der Waals surface area contributed by atoms with Gasteiger partial charge >= 0.3 is 0 Å². The molecule has 0 fully saturated rings. The van der Waals surface area contributed by atoms with Crippen molar-refractivity contribution in [2.45, 2.75) is 19.3 Å². The lowest BCUT2D eigenvalue weighted by Crippen LogP contribution is -2.34. The molecule has 0 heterocycles. The molecule has 6 heteroatoms. The summed E-state index contributed by atoms with van der Waals surface area (Å²) >= 11 is 0. The SMILES string of the molecule is CCN(CCOC)S(=O)(=O)Cc1ccc(CO)cc1. The fraction of sp³-hybridized carbons (Fsp3) is 0.538. The predicted octanol–water partition coefficient (Wildman–Crippen LogP) is 0.977. The molecule has 0 unspecified atom stereocenters. The first-order valence-corrected chi connectivity index (χ1v) is 7.79. The third-order valence-corrected chi connectivity index (χ3v) is 4.77. The number of methoxy groups -OCH3 is 1. The summed E-state index contributed by atoms with van der Waals surface area (Å²) < 4.78 is 30.8. The molecule has 0 aromatic heterocycles. The lowest BCUT2D eigenvalue weighted by Gasteiger charge is -2.20. The molecule has 108 valence electrons. The first kappa shape index (κ1) is 16.1. The molecule has 0 aliphatic heterocycles. The van der Waals surface area contributed by atoms with Gasteiger partial charge in [0.2, 0.25) is 10.0 Å². The van der Waals surface area contributed by atoms with Crippen LogP contribution in [0.2, 0.25) is 0 Å². The molecule has 0 radical (unpaired) electrons. The molecular formula is C13H21NO4S. The molecule has 1 aromatic rings. The maximum atomic E-state index is 12.2. The molecular weight excluding hydrogens is 266 g/mol. The number of hydrogen-bond donors (Lipinski definition) is 1. The van der Waals surface area contributed by atoms with Crippen molar-refractivity contribution in [1.29, 1.82) is 0 Å². The largest absolute Gasteiger partial charge is 0.392 e. The molecule has 0 bridgehead atoms. The van der Waals surface area contributed by atoms with Gasteiger partial charge < -0.3 is 9.84 Å². The van der Waals surface area contributed by atoms with Gasteiger partial charge in [-0.3, -0.25) is 0 Å². The van der Waals surface area contributed by atoms with Crippen LogP contribution in [0, 0.1) is 0 Å². The number of rotatable bonds is 8. The van der Waals surface area contributed by atoms with Crippen LogP contribution in [0.25, 0.3) is 0 Å². The van der Waals surface area contributed by atoms with Gasteiger partial charge in [0.05, 0.1) is 19.0 Å². The number of benzene rings is 1. The molecule has 1 aromatic carbocycles. The Bertz CT molecular complexity index is 470. The van der Waals surface area contributed by atoms with E-state index in [-0.39, 0.29) is 12.4 Å². The van der Waals surface area contributed by atoms with Crippen LogP contribution in [-0.2, 0) is 27.1 Å². The van der Waals surface area contributed by atoms with Gasteiger partial charge in [0.25, 0.3) is 0 Å². The van der Waals surface area contributed by atoms with E-state index >= 15 is 0 Å². The summed E-state index contributed by atoms with van der Waals surface area (Å²) in [4.78, 5) is 0. The van der Waals surface area contributed by atoms with E-state index in [4.69, 9.17) is 9.84 Å². The van der Waals surface area contributed by atoms with Crippen LogP contribution in [0.3, 0.4) is 0 Å². The summed E-state index contributed by atoms with van der Waals surface area (Å²) in [6.45, 7) is 2.95. The quantitative estimate of drug-likeness (QED) is 0.774. The molecule has 0 spiro atoms. The lowest BCUT2D eigenvalue weighted by molar-refractivity contribution is 0.180. The highest BCUT2D eigenvalue weighted by Gasteiger charge is 2.20. The van der Waals surface area contributed by atoms with Crippen molar-refractivity contribution in [3.8, 4) is 0 Å². The van der Waals surface area contributed by atoms with Crippen LogP contribution in [0.5, 0.6) is 0 Å². The van der Waals surface area contributed by atoms with Gasteiger partial charge in [-0.1, -0.05) is 31.2 Å². The zero-order valence-corrected chi connectivity index (χ0v) is 12.2. The van der Waals surface area contributed by atoms with Gasteiger partial charge in [-0.2, -0.15) is 4.31 Å². The van der Waals surface area contributed by atoms with Gasteiger partial charge in [-0.25, -0.2) is 8.42 Å². The fourth-order valence-electron chi connectivity index (χ4n) is 1.73. The molecule has 19 heavy (non-hydrogen) atoms. The number of hydrogen-bond acceptors (Lipinski definition) is 4. The van der Waals surface area contributed by atoms with Gasteiger partial charge in [-0.15, -0.1) is 0 Å². The van der Waals surface area contributed by atoms with Gasteiger partial charge in [-0.05, 0) is 11.1 Å². The Labute approximate surface area is 114 Å². The van der Waals surface area contributed by atoms with Crippen LogP contribution in [-0.4, -0.2) is 44.6 Å². The second-order valence-electron chi connectivity index (χ2n) is 4.22. The molecule has 0 saturated heterocycles. The minimum Gasteiger partial charge on any atom is -0.392 e. The molecule has 0 aliphatic carbocycles. The zero-order valence-electron chi connectivity index (χ0n) is 11.4. The maximum absolute atomic E-state index is 12.2. The van der Waals surface area contributed by atoms with E-state index in [0.717, 1.165) is 5.56 Å². The summed E-state index contributed by atoms with van der Waals surface area (Å²) in [5, 5.41) is 8.94. The Balaban J connectivity index is 2.76. The third kappa shape index (κ3) is 4.91. The number of aliphatic hydroxyl groups is 1. The Morgan fingerprint density at radius 3 is 2.26 bits per heavy atom. The molecule has 0 saturated carbocycles. The van der Waals surface area contributed by atoms with Gasteiger partial charge in [0.15, 0.2) is 0 Å². The average Bonchev–Trinajstić information content (AvgIpc) is 2.39. The smallest absolute Gasteiger partial charge is 0.218 e. The summed E-state index contributed by atoms with van der Waals surface area (Å²) in [5.74, 6) is -0.0315. The highest BCUT2D eigenvalue weighted by atomic mass is 32.2. The zero-order chi connectivity index (χ0) is 14.3. The van der Waals surface area contributed by atoms with Crippen molar-refractivity contribution < 1.29 is 18.3 Å². The summed E-state index contributed by atoms with van der Waals surface area (Å²) in [5.41, 5.74) is 1.49. The molecule has 5 nitrogen and oxygen atoms in total. The van der Waals surface area contributed by atoms with E-state index in [0.29, 0.717) is 25.3 Å². The molecule has 0 amide bonds. The summed E-state index contributed by atoms with van der Waals surface area (Å²) in [6.07, 6.45) is 0. The van der Waals surface area contributed by atoms with Gasteiger partial charge in [0.1, 0.15) is 0 Å². The highest BCUT2D eigenvalue weighted by molar-refractivity contribution is 7.88. The first-order valence-electron chi connectivity index (χ1n) is 6.19. The van der Waals surface area contributed by atoms with E-state index in [2.05, 4.69) is 0 Å². The van der Waals surface area contributed by atoms with Crippen molar-refractivity contribution >= 4 is 10.0 Å². The first-order chi connectivity index (χ1) is 9.03. The Hall–Kier alpha value is -0.950. The molecule has 1 N–H and O–H groups in total.